The molecule has 2 amide bonds. The largest absolute Gasteiger partial charge is 0.467 e. The van der Waals surface area contributed by atoms with Gasteiger partial charge in [0.15, 0.2) is 0 Å². The molecule has 2 aromatic heterocycles. The van der Waals surface area contributed by atoms with E-state index in [1.165, 1.54) is 0 Å². The Bertz CT molecular complexity index is 950. The Balaban J connectivity index is 1.77. The number of carbonyl (C=O) groups excluding carboxylic acids is 2. The van der Waals surface area contributed by atoms with Crippen molar-refractivity contribution in [3.8, 4) is 0 Å². The van der Waals surface area contributed by atoms with E-state index in [9.17, 15) is 9.59 Å². The van der Waals surface area contributed by atoms with Crippen molar-refractivity contribution in [3.05, 3.63) is 84.1 Å². The Morgan fingerprint density at radius 3 is 2.45 bits per heavy atom. The molecule has 0 N–H and O–H groups in total. The average Bonchev–Trinajstić information content (AvgIpc) is 3.44. The van der Waals surface area contributed by atoms with Crippen molar-refractivity contribution in [1.29, 1.82) is 0 Å². The number of nitrogens with zero attached hydrogens (tertiary/aromatic N) is 3. The van der Waals surface area contributed by atoms with E-state index in [4.69, 9.17) is 9.15 Å². The molecule has 0 fully saturated rings. The lowest BCUT2D eigenvalue weighted by Gasteiger charge is -2.27. The molecule has 1 aromatic carbocycles. The number of methoxy groups -OCH3 is 1. The highest BCUT2D eigenvalue weighted by Gasteiger charge is 2.23. The van der Waals surface area contributed by atoms with Crippen LogP contribution in [0.1, 0.15) is 28.2 Å². The fraction of sp³-hybridized carbons (Fsp3) is 0.333. The van der Waals surface area contributed by atoms with Gasteiger partial charge in [0.2, 0.25) is 5.91 Å². The van der Waals surface area contributed by atoms with Crippen molar-refractivity contribution in [3.63, 3.8) is 0 Å². The first-order valence-electron chi connectivity index (χ1n) is 10.3. The molecule has 7 heteroatoms. The number of rotatable bonds is 11. The normalized spacial score (nSPS) is 10.8. The first kappa shape index (κ1) is 22.4. The highest BCUT2D eigenvalue weighted by molar-refractivity contribution is 5.96. The molecule has 0 aliphatic rings. The van der Waals surface area contributed by atoms with Gasteiger partial charge < -0.3 is 23.5 Å². The summed E-state index contributed by atoms with van der Waals surface area (Å²) < 4.78 is 12.6. The van der Waals surface area contributed by atoms with Crippen molar-refractivity contribution in [2.75, 3.05) is 26.8 Å². The standard InChI is InChI=1S/C24H29N3O4/c1-25-13-6-11-21(25)17-27(18-22-12-7-16-31-22)23(28)19-26(14-8-15-30-2)24(29)20-9-4-3-5-10-20/h3-7,9-13,16H,8,14-15,17-19H2,1-2H3. The lowest BCUT2D eigenvalue weighted by Crippen LogP contribution is -2.43. The second-order valence-electron chi connectivity index (χ2n) is 7.38. The third-order valence-electron chi connectivity index (χ3n) is 5.09. The number of ether oxygens (including phenoxy) is 1. The zero-order valence-corrected chi connectivity index (χ0v) is 18.1. The molecule has 0 saturated carbocycles. The molecule has 7 nitrogen and oxygen atoms in total. The molecule has 0 spiro atoms. The minimum absolute atomic E-state index is 0.0113. The molecular weight excluding hydrogens is 394 g/mol. The van der Waals surface area contributed by atoms with E-state index in [1.54, 1.807) is 41.4 Å². The fourth-order valence-electron chi connectivity index (χ4n) is 3.36. The van der Waals surface area contributed by atoms with Gasteiger partial charge in [0, 0.05) is 44.8 Å². The van der Waals surface area contributed by atoms with Crippen LogP contribution in [-0.2, 0) is 29.7 Å². The van der Waals surface area contributed by atoms with Gasteiger partial charge >= 0.3 is 0 Å². The predicted molar refractivity (Wildman–Crippen MR) is 117 cm³/mol. The van der Waals surface area contributed by atoms with E-state index in [2.05, 4.69) is 0 Å². The maximum Gasteiger partial charge on any atom is 0.254 e. The van der Waals surface area contributed by atoms with Crippen molar-refractivity contribution in [2.45, 2.75) is 19.5 Å². The summed E-state index contributed by atoms with van der Waals surface area (Å²) in [5, 5.41) is 0. The Labute approximate surface area is 182 Å². The Hall–Kier alpha value is -3.32. The quantitative estimate of drug-likeness (QED) is 0.444. The first-order valence-corrected chi connectivity index (χ1v) is 10.3. The topological polar surface area (TPSA) is 67.9 Å². The van der Waals surface area contributed by atoms with Crippen molar-refractivity contribution < 1.29 is 18.7 Å². The van der Waals surface area contributed by atoms with Crippen molar-refractivity contribution in [1.82, 2.24) is 14.4 Å². The molecule has 164 valence electrons. The number of hydrogen-bond acceptors (Lipinski definition) is 4. The predicted octanol–water partition coefficient (Wildman–Crippen LogP) is 3.33. The number of carbonyl (C=O) groups is 2. The molecule has 0 radical (unpaired) electrons. The van der Waals surface area contributed by atoms with Crippen LogP contribution in [0, 0.1) is 0 Å². The summed E-state index contributed by atoms with van der Waals surface area (Å²) in [4.78, 5) is 29.7. The van der Waals surface area contributed by atoms with Gasteiger partial charge in [0.25, 0.3) is 5.91 Å². The van der Waals surface area contributed by atoms with Gasteiger partial charge in [-0.25, -0.2) is 0 Å². The fourth-order valence-corrected chi connectivity index (χ4v) is 3.36. The summed E-state index contributed by atoms with van der Waals surface area (Å²) in [6, 6.07) is 16.6. The van der Waals surface area contributed by atoms with Crippen LogP contribution in [0.15, 0.2) is 71.5 Å². The van der Waals surface area contributed by atoms with Crippen LogP contribution < -0.4 is 0 Å². The number of aryl methyl sites for hydroxylation is 1. The van der Waals surface area contributed by atoms with E-state index < -0.39 is 0 Å². The van der Waals surface area contributed by atoms with Gasteiger partial charge in [-0.2, -0.15) is 0 Å². The molecule has 0 aliphatic carbocycles. The van der Waals surface area contributed by atoms with Gasteiger partial charge in [-0.3, -0.25) is 9.59 Å². The number of furan rings is 1. The minimum Gasteiger partial charge on any atom is -0.467 e. The molecule has 0 aliphatic heterocycles. The van der Waals surface area contributed by atoms with Crippen molar-refractivity contribution in [2.24, 2.45) is 7.05 Å². The molecule has 3 aromatic rings. The van der Waals surface area contributed by atoms with Crippen LogP contribution in [0.5, 0.6) is 0 Å². The first-order chi connectivity index (χ1) is 15.1. The second kappa shape index (κ2) is 11.2. The Morgan fingerprint density at radius 2 is 1.81 bits per heavy atom. The SMILES string of the molecule is COCCCN(CC(=O)N(Cc1ccco1)Cc1cccn1C)C(=O)c1ccccc1. The van der Waals surface area contributed by atoms with Crippen LogP contribution in [0.25, 0.3) is 0 Å². The van der Waals surface area contributed by atoms with Crippen LogP contribution in [-0.4, -0.2) is 53.0 Å². The summed E-state index contributed by atoms with van der Waals surface area (Å²) in [5.41, 5.74) is 1.56. The zero-order chi connectivity index (χ0) is 22.1. The second-order valence-corrected chi connectivity index (χ2v) is 7.38. The van der Waals surface area contributed by atoms with Crippen LogP contribution in [0.2, 0.25) is 0 Å². The van der Waals surface area contributed by atoms with Gasteiger partial charge in [-0.15, -0.1) is 0 Å². The summed E-state index contributed by atoms with van der Waals surface area (Å²) in [5.74, 6) is 0.393. The third-order valence-corrected chi connectivity index (χ3v) is 5.09. The number of benzene rings is 1. The highest BCUT2D eigenvalue weighted by Crippen LogP contribution is 2.13. The molecule has 2 heterocycles. The van der Waals surface area contributed by atoms with E-state index >= 15 is 0 Å². The van der Waals surface area contributed by atoms with Crippen LogP contribution in [0.4, 0.5) is 0 Å². The maximum absolute atomic E-state index is 13.3. The lowest BCUT2D eigenvalue weighted by molar-refractivity contribution is -0.133. The highest BCUT2D eigenvalue weighted by atomic mass is 16.5. The van der Waals surface area contributed by atoms with Gasteiger partial charge in [-0.05, 0) is 42.8 Å². The van der Waals surface area contributed by atoms with Gasteiger partial charge in [0.1, 0.15) is 12.3 Å². The smallest absolute Gasteiger partial charge is 0.254 e. The molecule has 3 rings (SSSR count). The van der Waals surface area contributed by atoms with Crippen LogP contribution in [0.3, 0.4) is 0 Å². The van der Waals surface area contributed by atoms with E-state index in [0.717, 1.165) is 5.69 Å². The number of amides is 2. The Morgan fingerprint density at radius 1 is 1.00 bits per heavy atom. The summed E-state index contributed by atoms with van der Waals surface area (Å²) in [6.07, 6.45) is 4.19. The minimum atomic E-state index is -0.165. The van der Waals surface area contributed by atoms with E-state index in [0.29, 0.717) is 44.0 Å². The maximum atomic E-state index is 13.3. The molecule has 0 atom stereocenters. The molecule has 0 saturated heterocycles. The summed E-state index contributed by atoms with van der Waals surface area (Å²) in [7, 11) is 3.57. The molecule has 31 heavy (non-hydrogen) atoms. The summed E-state index contributed by atoms with van der Waals surface area (Å²) >= 11 is 0. The van der Waals surface area contributed by atoms with E-state index in [1.807, 2.05) is 54.2 Å². The molecule has 0 bridgehead atoms. The third kappa shape index (κ3) is 6.33. The van der Waals surface area contributed by atoms with Crippen LogP contribution >= 0.6 is 0 Å². The number of hydrogen-bond donors (Lipinski definition) is 0. The van der Waals surface area contributed by atoms with Crippen molar-refractivity contribution >= 4 is 11.8 Å². The van der Waals surface area contributed by atoms with Gasteiger partial charge in [-0.1, -0.05) is 18.2 Å². The molecule has 0 unspecified atom stereocenters. The summed E-state index contributed by atoms with van der Waals surface area (Å²) in [6.45, 7) is 1.71. The zero-order valence-electron chi connectivity index (χ0n) is 18.1. The molecular formula is C24H29N3O4. The number of aromatic nitrogens is 1. The Kier molecular flexibility index (Phi) is 8.06. The average molecular weight is 424 g/mol. The van der Waals surface area contributed by atoms with E-state index in [-0.39, 0.29) is 18.4 Å². The monoisotopic (exact) mass is 423 g/mol. The van der Waals surface area contributed by atoms with Gasteiger partial charge in [0.05, 0.1) is 19.4 Å². The lowest BCUT2D eigenvalue weighted by atomic mass is 10.2.